The van der Waals surface area contributed by atoms with Gasteiger partial charge in [0.25, 0.3) is 0 Å². The van der Waals surface area contributed by atoms with Crippen molar-refractivity contribution in [3.8, 4) is 0 Å². The minimum Gasteiger partial charge on any atom is -0.234 e. The summed E-state index contributed by atoms with van der Waals surface area (Å²) in [6.45, 7) is 3.88. The number of hydrogen-bond donors (Lipinski definition) is 0. The van der Waals surface area contributed by atoms with Crippen LogP contribution in [0.5, 0.6) is 0 Å². The van der Waals surface area contributed by atoms with Gasteiger partial charge in [-0.15, -0.1) is 0 Å². The molecule has 0 saturated heterocycles. The minimum atomic E-state index is 0.915. The van der Waals surface area contributed by atoms with Crippen molar-refractivity contribution in [3.05, 3.63) is 13.0 Å². The summed E-state index contributed by atoms with van der Waals surface area (Å²) in [5.74, 6) is 1.84. The molecule has 0 spiro atoms. The molecule has 0 amide bonds. The van der Waals surface area contributed by atoms with Crippen LogP contribution in [0.25, 0.3) is 0 Å². The number of rotatable bonds is 16. The van der Waals surface area contributed by atoms with E-state index in [-0.39, 0.29) is 0 Å². The average molecular weight is 279 g/mol. The van der Waals surface area contributed by atoms with E-state index in [1.165, 1.54) is 83.5 Å². The molecule has 0 atom stereocenters. The van der Waals surface area contributed by atoms with Crippen molar-refractivity contribution in [2.75, 3.05) is 0 Å². The Bertz CT molecular complexity index is 216. The SMILES string of the molecule is [CH2]CCCCCCCCCCCCCCCCC=C=O. The lowest BCUT2D eigenvalue weighted by Crippen LogP contribution is -1.83. The highest BCUT2D eigenvalue weighted by molar-refractivity contribution is 5.44. The van der Waals surface area contributed by atoms with E-state index in [4.69, 9.17) is 0 Å². The third-order valence-corrected chi connectivity index (χ3v) is 3.93. The van der Waals surface area contributed by atoms with Gasteiger partial charge < -0.3 is 0 Å². The number of allylic oxidation sites excluding steroid dienone is 1. The molecular weight excluding hydrogens is 244 g/mol. The summed E-state index contributed by atoms with van der Waals surface area (Å²) in [5, 5.41) is 0. The Morgan fingerprint density at radius 1 is 0.600 bits per heavy atom. The second-order valence-electron chi connectivity index (χ2n) is 5.91. The third kappa shape index (κ3) is 17.4. The lowest BCUT2D eigenvalue weighted by atomic mass is 10.0. The van der Waals surface area contributed by atoms with Crippen molar-refractivity contribution >= 4 is 5.94 Å². The first kappa shape index (κ1) is 19.4. The van der Waals surface area contributed by atoms with Crippen molar-refractivity contribution in [2.24, 2.45) is 0 Å². The zero-order chi connectivity index (χ0) is 14.7. The van der Waals surface area contributed by atoms with Crippen LogP contribution in [0.1, 0.15) is 103 Å². The molecule has 0 aromatic carbocycles. The van der Waals surface area contributed by atoms with E-state index in [0.717, 1.165) is 19.3 Å². The lowest BCUT2D eigenvalue weighted by Gasteiger charge is -2.03. The van der Waals surface area contributed by atoms with Crippen molar-refractivity contribution < 1.29 is 4.79 Å². The molecule has 0 aromatic heterocycles. The van der Waals surface area contributed by atoms with Gasteiger partial charge in [0, 0.05) is 0 Å². The van der Waals surface area contributed by atoms with Gasteiger partial charge in [-0.3, -0.25) is 0 Å². The predicted octanol–water partition coefficient (Wildman–Crippen LogP) is 6.45. The fourth-order valence-corrected chi connectivity index (χ4v) is 2.60. The summed E-state index contributed by atoms with van der Waals surface area (Å²) in [6, 6.07) is 0. The largest absolute Gasteiger partial charge is 0.234 e. The van der Waals surface area contributed by atoms with Crippen LogP contribution >= 0.6 is 0 Å². The molecule has 0 aliphatic carbocycles. The predicted molar refractivity (Wildman–Crippen MR) is 89.5 cm³/mol. The van der Waals surface area contributed by atoms with Crippen LogP contribution in [0.3, 0.4) is 0 Å². The van der Waals surface area contributed by atoms with E-state index in [1.54, 1.807) is 6.08 Å². The van der Waals surface area contributed by atoms with E-state index >= 15 is 0 Å². The number of hydrogen-bond acceptors (Lipinski definition) is 1. The Hall–Kier alpha value is -0.550. The van der Waals surface area contributed by atoms with E-state index in [9.17, 15) is 4.79 Å². The molecule has 0 aliphatic rings. The van der Waals surface area contributed by atoms with Gasteiger partial charge in [-0.2, -0.15) is 0 Å². The topological polar surface area (TPSA) is 17.1 Å². The Morgan fingerprint density at radius 2 is 0.950 bits per heavy atom. The van der Waals surface area contributed by atoms with Crippen LogP contribution in [-0.2, 0) is 4.79 Å². The van der Waals surface area contributed by atoms with Crippen molar-refractivity contribution in [1.82, 2.24) is 0 Å². The van der Waals surface area contributed by atoms with Gasteiger partial charge in [-0.1, -0.05) is 96.8 Å². The van der Waals surface area contributed by atoms with E-state index in [2.05, 4.69) is 6.92 Å². The summed E-state index contributed by atoms with van der Waals surface area (Å²) in [7, 11) is 0. The Labute approximate surface area is 127 Å². The summed E-state index contributed by atoms with van der Waals surface area (Å²) >= 11 is 0. The molecule has 0 aliphatic heterocycles. The molecule has 0 N–H and O–H groups in total. The molecule has 0 bridgehead atoms. The average Bonchev–Trinajstić information content (AvgIpc) is 2.47. The van der Waals surface area contributed by atoms with Gasteiger partial charge in [0.1, 0.15) is 5.94 Å². The normalized spacial score (nSPS) is 10.4. The van der Waals surface area contributed by atoms with Gasteiger partial charge >= 0.3 is 0 Å². The molecule has 0 aromatic rings. The highest BCUT2D eigenvalue weighted by atomic mass is 16.1. The molecular formula is C19H35O. The molecule has 0 rings (SSSR count). The first-order valence-electron chi connectivity index (χ1n) is 8.90. The maximum atomic E-state index is 9.97. The molecule has 0 heterocycles. The standard InChI is InChI=1S/C19H35O/c1-2-3-4-5-6-7-8-9-10-11-12-13-14-15-16-17-18-19-20/h18H,1-17H2. The maximum absolute atomic E-state index is 9.97. The fraction of sp³-hybridized carbons (Fsp3) is 0.842. The number of unbranched alkanes of at least 4 members (excludes halogenated alkanes) is 15. The zero-order valence-electron chi connectivity index (χ0n) is 13.5. The number of carbonyl (C=O) groups excluding carboxylic acids is 1. The fourth-order valence-electron chi connectivity index (χ4n) is 2.60. The van der Waals surface area contributed by atoms with E-state index in [0.29, 0.717) is 0 Å². The summed E-state index contributed by atoms with van der Waals surface area (Å²) < 4.78 is 0. The smallest absolute Gasteiger partial charge is 0.120 e. The van der Waals surface area contributed by atoms with E-state index in [1.807, 2.05) is 5.94 Å². The molecule has 0 fully saturated rings. The van der Waals surface area contributed by atoms with Crippen LogP contribution < -0.4 is 0 Å². The van der Waals surface area contributed by atoms with Gasteiger partial charge in [0.15, 0.2) is 0 Å². The highest BCUT2D eigenvalue weighted by Crippen LogP contribution is 2.13. The molecule has 20 heavy (non-hydrogen) atoms. The Kier molecular flexibility index (Phi) is 17.9. The summed E-state index contributed by atoms with van der Waals surface area (Å²) in [5.41, 5.74) is 0. The molecule has 0 saturated carbocycles. The van der Waals surface area contributed by atoms with Gasteiger partial charge in [-0.25, -0.2) is 4.79 Å². The third-order valence-electron chi connectivity index (χ3n) is 3.93. The minimum absolute atomic E-state index is 0.915. The van der Waals surface area contributed by atoms with Crippen LogP contribution in [0.2, 0.25) is 0 Å². The van der Waals surface area contributed by atoms with Crippen LogP contribution in [-0.4, -0.2) is 5.94 Å². The van der Waals surface area contributed by atoms with Crippen molar-refractivity contribution in [2.45, 2.75) is 103 Å². The molecule has 1 radical (unpaired) electrons. The Morgan fingerprint density at radius 3 is 1.30 bits per heavy atom. The summed E-state index contributed by atoms with van der Waals surface area (Å²) in [6.07, 6.45) is 22.8. The second kappa shape index (κ2) is 18.4. The molecule has 0 unspecified atom stereocenters. The monoisotopic (exact) mass is 279 g/mol. The first-order chi connectivity index (χ1) is 9.91. The van der Waals surface area contributed by atoms with Crippen LogP contribution in [0.15, 0.2) is 6.08 Å². The maximum Gasteiger partial charge on any atom is 0.120 e. The van der Waals surface area contributed by atoms with Crippen LogP contribution in [0, 0.1) is 6.92 Å². The van der Waals surface area contributed by atoms with E-state index < -0.39 is 0 Å². The molecule has 1 nitrogen and oxygen atoms in total. The zero-order valence-corrected chi connectivity index (χ0v) is 13.5. The first-order valence-corrected chi connectivity index (χ1v) is 8.90. The Balaban J connectivity index is 2.94. The van der Waals surface area contributed by atoms with Gasteiger partial charge in [-0.05, 0) is 18.9 Å². The van der Waals surface area contributed by atoms with Crippen LogP contribution in [0.4, 0.5) is 0 Å². The highest BCUT2D eigenvalue weighted by Gasteiger charge is 1.93. The molecule has 117 valence electrons. The molecule has 1 heteroatoms. The van der Waals surface area contributed by atoms with Gasteiger partial charge in [0.05, 0.1) is 0 Å². The second-order valence-corrected chi connectivity index (χ2v) is 5.91. The lowest BCUT2D eigenvalue weighted by molar-refractivity contribution is 0.534. The summed E-state index contributed by atoms with van der Waals surface area (Å²) in [4.78, 5) is 9.97. The van der Waals surface area contributed by atoms with Crippen molar-refractivity contribution in [3.63, 3.8) is 0 Å². The van der Waals surface area contributed by atoms with Crippen molar-refractivity contribution in [1.29, 1.82) is 0 Å². The van der Waals surface area contributed by atoms with Gasteiger partial charge in [0.2, 0.25) is 0 Å². The quantitative estimate of drug-likeness (QED) is 0.234.